The number of hydrogen-bond acceptors (Lipinski definition) is 6. The maximum absolute atomic E-state index is 12.7. The number of methoxy groups -OCH3 is 2. The third-order valence-electron chi connectivity index (χ3n) is 6.14. The highest BCUT2D eigenvalue weighted by molar-refractivity contribution is 7.22. The SMILES string of the molecule is COc1ccc(OC)c(CCNC(=O)C2CCN(c3nc4c(C)cc(C)cc4s3)CC2)c1. The zero-order chi connectivity index (χ0) is 22.7. The first-order valence-corrected chi connectivity index (χ1v) is 11.9. The van der Waals surface area contributed by atoms with Crippen LogP contribution in [0.1, 0.15) is 29.5 Å². The maximum atomic E-state index is 12.7. The number of aromatic nitrogens is 1. The Balaban J connectivity index is 1.30. The fraction of sp³-hybridized carbons (Fsp3) is 0.440. The molecule has 1 saturated heterocycles. The van der Waals surface area contributed by atoms with E-state index in [0.29, 0.717) is 13.0 Å². The lowest BCUT2D eigenvalue weighted by atomic mass is 9.96. The molecule has 0 bridgehead atoms. The van der Waals surface area contributed by atoms with Crippen LogP contribution in [0.4, 0.5) is 5.13 Å². The number of rotatable bonds is 7. The molecule has 0 spiro atoms. The average Bonchev–Trinajstić information content (AvgIpc) is 3.23. The van der Waals surface area contributed by atoms with E-state index in [9.17, 15) is 4.79 Å². The van der Waals surface area contributed by atoms with Crippen LogP contribution >= 0.6 is 11.3 Å². The van der Waals surface area contributed by atoms with Gasteiger partial charge in [0, 0.05) is 25.6 Å². The van der Waals surface area contributed by atoms with E-state index in [0.717, 1.165) is 53.6 Å². The number of hydrogen-bond donors (Lipinski definition) is 1. The summed E-state index contributed by atoms with van der Waals surface area (Å²) < 4.78 is 12.0. The zero-order valence-electron chi connectivity index (χ0n) is 19.2. The molecule has 0 saturated carbocycles. The third kappa shape index (κ3) is 4.83. The predicted molar refractivity (Wildman–Crippen MR) is 130 cm³/mol. The normalized spacial score (nSPS) is 14.6. The molecule has 1 aromatic heterocycles. The van der Waals surface area contributed by atoms with E-state index in [1.165, 1.54) is 15.8 Å². The molecular formula is C25H31N3O3S. The van der Waals surface area contributed by atoms with Crippen LogP contribution in [-0.4, -0.2) is 44.7 Å². The molecule has 4 rings (SSSR count). The Hall–Kier alpha value is -2.80. The van der Waals surface area contributed by atoms with Crippen LogP contribution < -0.4 is 19.7 Å². The number of carbonyl (C=O) groups is 1. The largest absolute Gasteiger partial charge is 0.497 e. The van der Waals surface area contributed by atoms with E-state index in [4.69, 9.17) is 14.5 Å². The van der Waals surface area contributed by atoms with Crippen molar-refractivity contribution in [1.82, 2.24) is 10.3 Å². The fourth-order valence-electron chi connectivity index (χ4n) is 4.37. The lowest BCUT2D eigenvalue weighted by molar-refractivity contribution is -0.125. The average molecular weight is 454 g/mol. The molecule has 6 nitrogen and oxygen atoms in total. The van der Waals surface area contributed by atoms with Crippen molar-refractivity contribution in [3.05, 3.63) is 47.0 Å². The van der Waals surface area contributed by atoms with Crippen molar-refractivity contribution >= 4 is 32.6 Å². The van der Waals surface area contributed by atoms with Crippen LogP contribution in [0.2, 0.25) is 0 Å². The number of anilines is 1. The van der Waals surface area contributed by atoms with Crippen molar-refractivity contribution < 1.29 is 14.3 Å². The fourth-order valence-corrected chi connectivity index (χ4v) is 5.56. The van der Waals surface area contributed by atoms with E-state index >= 15 is 0 Å². The highest BCUT2D eigenvalue weighted by atomic mass is 32.1. The molecular weight excluding hydrogens is 422 g/mol. The number of fused-ring (bicyclic) bond motifs is 1. The second-order valence-corrected chi connectivity index (χ2v) is 9.41. The summed E-state index contributed by atoms with van der Waals surface area (Å²) in [5, 5.41) is 4.18. The van der Waals surface area contributed by atoms with E-state index in [-0.39, 0.29) is 11.8 Å². The van der Waals surface area contributed by atoms with Crippen LogP contribution in [0.3, 0.4) is 0 Å². The van der Waals surface area contributed by atoms with Crippen molar-refractivity contribution in [2.75, 3.05) is 38.8 Å². The van der Waals surface area contributed by atoms with Crippen LogP contribution in [0.25, 0.3) is 10.2 Å². The first-order chi connectivity index (χ1) is 15.5. The number of ether oxygens (including phenoxy) is 2. The summed E-state index contributed by atoms with van der Waals surface area (Å²) in [7, 11) is 3.31. The first-order valence-electron chi connectivity index (χ1n) is 11.1. The molecule has 1 N–H and O–H groups in total. The minimum atomic E-state index is 0.0526. The van der Waals surface area contributed by atoms with Gasteiger partial charge in [0.2, 0.25) is 5.91 Å². The number of benzene rings is 2. The predicted octanol–water partition coefficient (Wildman–Crippen LogP) is 4.51. The molecule has 2 aromatic carbocycles. The Kier molecular flexibility index (Phi) is 6.84. The maximum Gasteiger partial charge on any atom is 0.223 e. The summed E-state index contributed by atoms with van der Waals surface area (Å²) in [5.74, 6) is 1.80. The van der Waals surface area contributed by atoms with E-state index < -0.39 is 0 Å². The smallest absolute Gasteiger partial charge is 0.223 e. The molecule has 0 atom stereocenters. The van der Waals surface area contributed by atoms with Crippen molar-refractivity contribution in [3.8, 4) is 11.5 Å². The van der Waals surface area contributed by atoms with Gasteiger partial charge in [0.25, 0.3) is 0 Å². The lowest BCUT2D eigenvalue weighted by Crippen LogP contribution is -2.41. The number of carbonyl (C=O) groups excluding carboxylic acids is 1. The molecule has 0 radical (unpaired) electrons. The summed E-state index contributed by atoms with van der Waals surface area (Å²) >= 11 is 1.75. The van der Waals surface area contributed by atoms with Gasteiger partial charge < -0.3 is 19.7 Å². The number of nitrogens with one attached hydrogen (secondary N) is 1. The standard InChI is InChI=1S/C25H31N3O3S/c1-16-13-17(2)23-22(14-16)32-25(27-23)28-11-8-18(9-12-28)24(29)26-10-7-19-15-20(30-3)5-6-21(19)31-4/h5-6,13-15,18H,7-12H2,1-4H3,(H,26,29). The molecule has 0 unspecified atom stereocenters. The Bertz CT molecular complexity index is 1100. The molecule has 0 aliphatic carbocycles. The number of thiazole rings is 1. The van der Waals surface area contributed by atoms with Crippen LogP contribution in [0.5, 0.6) is 11.5 Å². The monoisotopic (exact) mass is 453 g/mol. The van der Waals surface area contributed by atoms with Crippen molar-refractivity contribution in [2.24, 2.45) is 5.92 Å². The van der Waals surface area contributed by atoms with Gasteiger partial charge in [0.05, 0.1) is 24.4 Å². The second-order valence-electron chi connectivity index (χ2n) is 8.41. The Labute approximate surface area is 193 Å². The quantitative estimate of drug-likeness (QED) is 0.570. The molecule has 1 amide bonds. The first kappa shape index (κ1) is 22.4. The van der Waals surface area contributed by atoms with Gasteiger partial charge >= 0.3 is 0 Å². The van der Waals surface area contributed by atoms with Crippen molar-refractivity contribution in [1.29, 1.82) is 0 Å². The molecule has 1 fully saturated rings. The van der Waals surface area contributed by atoms with E-state index in [1.807, 2.05) is 18.2 Å². The van der Waals surface area contributed by atoms with Crippen LogP contribution in [0.15, 0.2) is 30.3 Å². The van der Waals surface area contributed by atoms with Crippen LogP contribution in [-0.2, 0) is 11.2 Å². The van der Waals surface area contributed by atoms with Gasteiger partial charge in [0.1, 0.15) is 11.5 Å². The molecule has 1 aliphatic rings. The molecule has 170 valence electrons. The van der Waals surface area contributed by atoms with Gasteiger partial charge in [-0.3, -0.25) is 4.79 Å². The number of nitrogens with zero attached hydrogens (tertiary/aromatic N) is 2. The number of amides is 1. The zero-order valence-corrected chi connectivity index (χ0v) is 20.1. The number of aryl methyl sites for hydroxylation is 2. The molecule has 7 heteroatoms. The number of piperidine rings is 1. The van der Waals surface area contributed by atoms with E-state index in [1.54, 1.807) is 25.6 Å². The Morgan fingerprint density at radius 3 is 2.66 bits per heavy atom. The van der Waals surface area contributed by atoms with Crippen molar-refractivity contribution in [3.63, 3.8) is 0 Å². The van der Waals surface area contributed by atoms with Crippen LogP contribution in [0, 0.1) is 19.8 Å². The molecule has 2 heterocycles. The Morgan fingerprint density at radius 1 is 1.16 bits per heavy atom. The molecule has 1 aliphatic heterocycles. The van der Waals surface area contributed by atoms with Gasteiger partial charge in [-0.25, -0.2) is 4.98 Å². The summed E-state index contributed by atoms with van der Waals surface area (Å²) in [5.41, 5.74) is 4.63. The summed E-state index contributed by atoms with van der Waals surface area (Å²) in [4.78, 5) is 19.9. The molecule has 3 aromatic rings. The van der Waals surface area contributed by atoms with Gasteiger partial charge in [0.15, 0.2) is 5.13 Å². The minimum Gasteiger partial charge on any atom is -0.497 e. The van der Waals surface area contributed by atoms with Gasteiger partial charge in [-0.15, -0.1) is 0 Å². The lowest BCUT2D eigenvalue weighted by Gasteiger charge is -2.31. The van der Waals surface area contributed by atoms with Gasteiger partial charge in [-0.05, 0) is 74.1 Å². The third-order valence-corrected chi connectivity index (χ3v) is 7.20. The van der Waals surface area contributed by atoms with E-state index in [2.05, 4.69) is 36.2 Å². The highest BCUT2D eigenvalue weighted by Crippen LogP contribution is 2.33. The van der Waals surface area contributed by atoms with Gasteiger partial charge in [-0.2, -0.15) is 0 Å². The summed E-state index contributed by atoms with van der Waals surface area (Å²) in [6, 6.07) is 10.1. The second kappa shape index (κ2) is 9.77. The summed E-state index contributed by atoms with van der Waals surface area (Å²) in [6.45, 7) is 6.55. The summed E-state index contributed by atoms with van der Waals surface area (Å²) in [6.07, 6.45) is 2.40. The topological polar surface area (TPSA) is 63.7 Å². The minimum absolute atomic E-state index is 0.0526. The van der Waals surface area contributed by atoms with Gasteiger partial charge in [-0.1, -0.05) is 17.4 Å². The highest BCUT2D eigenvalue weighted by Gasteiger charge is 2.26. The van der Waals surface area contributed by atoms with Crippen molar-refractivity contribution in [2.45, 2.75) is 33.1 Å². The Morgan fingerprint density at radius 2 is 1.94 bits per heavy atom. The molecule has 32 heavy (non-hydrogen) atoms.